The molecule has 7 heteroatoms. The van der Waals surface area contributed by atoms with E-state index in [1.165, 1.54) is 6.42 Å². The van der Waals surface area contributed by atoms with Gasteiger partial charge in [0.2, 0.25) is 10.0 Å². The van der Waals surface area contributed by atoms with Crippen molar-refractivity contribution >= 4 is 26.8 Å². The van der Waals surface area contributed by atoms with Gasteiger partial charge in [-0.2, -0.15) is 0 Å². The Balaban J connectivity index is 1.77. The zero-order valence-electron chi connectivity index (χ0n) is 17.1. The molecule has 6 nitrogen and oxygen atoms in total. The van der Waals surface area contributed by atoms with Crippen LogP contribution in [0.25, 0.3) is 10.9 Å². The first-order valence-corrected chi connectivity index (χ1v) is 11.5. The van der Waals surface area contributed by atoms with Gasteiger partial charge in [-0.1, -0.05) is 20.8 Å². The molecular weight excluding hydrogens is 376 g/mol. The van der Waals surface area contributed by atoms with E-state index in [0.29, 0.717) is 22.6 Å². The molecule has 1 N–H and O–H groups in total. The van der Waals surface area contributed by atoms with Crippen molar-refractivity contribution in [2.24, 2.45) is 16.7 Å². The number of hydrogen-bond donors (Lipinski definition) is 1. The molecule has 152 valence electrons. The van der Waals surface area contributed by atoms with E-state index in [2.05, 4.69) is 26.1 Å². The fraction of sp³-hybridized carbons (Fsp3) is 0.571. The van der Waals surface area contributed by atoms with Gasteiger partial charge in [-0.05, 0) is 60.3 Å². The first-order chi connectivity index (χ1) is 13.0. The Bertz CT molecular complexity index is 1060. The Hall–Kier alpha value is -2.02. The second kappa shape index (κ2) is 5.99. The monoisotopic (exact) mass is 404 g/mol. The predicted octanol–water partition coefficient (Wildman–Crippen LogP) is 3.40. The molecular formula is C21H28N2O4S. The number of ether oxygens (including phenoxy) is 1. The Labute approximate surface area is 166 Å². The predicted molar refractivity (Wildman–Crippen MR) is 109 cm³/mol. The third-order valence-corrected chi connectivity index (χ3v) is 8.13. The number of amides is 1. The zero-order valence-corrected chi connectivity index (χ0v) is 17.9. The van der Waals surface area contributed by atoms with Crippen molar-refractivity contribution in [3.63, 3.8) is 0 Å². The number of nitrogens with one attached hydrogen (secondary N) is 1. The molecule has 0 spiro atoms. The minimum Gasteiger partial charge on any atom is -0.497 e. The molecule has 0 saturated heterocycles. The fourth-order valence-corrected chi connectivity index (χ4v) is 6.69. The van der Waals surface area contributed by atoms with E-state index < -0.39 is 10.0 Å². The smallest absolute Gasteiger partial charge is 0.269 e. The number of hydrogen-bond acceptors (Lipinski definition) is 4. The van der Waals surface area contributed by atoms with Crippen molar-refractivity contribution < 1.29 is 17.9 Å². The number of rotatable bonds is 4. The summed E-state index contributed by atoms with van der Waals surface area (Å²) < 4.78 is 31.4. The topological polar surface area (TPSA) is 77.4 Å². The Morgan fingerprint density at radius 2 is 1.96 bits per heavy atom. The van der Waals surface area contributed by atoms with Crippen LogP contribution >= 0.6 is 0 Å². The molecule has 28 heavy (non-hydrogen) atoms. The van der Waals surface area contributed by atoms with Crippen LogP contribution in [0.2, 0.25) is 0 Å². The Morgan fingerprint density at radius 1 is 1.25 bits per heavy atom. The summed E-state index contributed by atoms with van der Waals surface area (Å²) in [6, 6.07) is 6.78. The number of methoxy groups -OCH3 is 1. The van der Waals surface area contributed by atoms with Gasteiger partial charge in [-0.3, -0.25) is 4.79 Å². The minimum atomic E-state index is -3.65. The van der Waals surface area contributed by atoms with Gasteiger partial charge in [0, 0.05) is 11.4 Å². The summed E-state index contributed by atoms with van der Waals surface area (Å²) in [6.45, 7) is 6.66. The van der Waals surface area contributed by atoms with Crippen molar-refractivity contribution in [1.29, 1.82) is 0 Å². The van der Waals surface area contributed by atoms with Crippen LogP contribution < -0.4 is 10.1 Å². The minimum absolute atomic E-state index is 0.00614. The van der Waals surface area contributed by atoms with Crippen LogP contribution in [0.1, 0.15) is 50.5 Å². The summed E-state index contributed by atoms with van der Waals surface area (Å²) in [7, 11) is -2.10. The highest BCUT2D eigenvalue weighted by molar-refractivity contribution is 7.89. The van der Waals surface area contributed by atoms with E-state index in [0.717, 1.165) is 23.1 Å². The number of aromatic nitrogens is 1. The van der Waals surface area contributed by atoms with Crippen molar-refractivity contribution in [1.82, 2.24) is 9.29 Å². The highest BCUT2D eigenvalue weighted by Gasteiger charge is 2.59. The number of fused-ring (bicyclic) bond motifs is 3. The number of nitrogens with zero attached hydrogens (tertiary/aromatic N) is 1. The second-order valence-corrected chi connectivity index (χ2v) is 11.1. The molecule has 1 amide bonds. The SMILES string of the molecule is COc1ccc2c(c1)cc(C(=O)NC1C(C)(C)C3CC[C@@]1(C)C3)n2S(C)(=O)=O. The molecule has 3 atom stereocenters. The van der Waals surface area contributed by atoms with Crippen molar-refractivity contribution in [2.75, 3.05) is 13.4 Å². The Kier molecular flexibility index (Phi) is 4.13. The first kappa shape index (κ1) is 19.3. The lowest BCUT2D eigenvalue weighted by Gasteiger charge is -2.43. The average molecular weight is 405 g/mol. The van der Waals surface area contributed by atoms with Gasteiger partial charge in [0.15, 0.2) is 0 Å². The fourth-order valence-electron chi connectivity index (χ4n) is 5.68. The summed E-state index contributed by atoms with van der Waals surface area (Å²) in [6.07, 6.45) is 4.52. The highest BCUT2D eigenvalue weighted by atomic mass is 32.2. The summed E-state index contributed by atoms with van der Waals surface area (Å²) in [5.74, 6) is 0.868. The van der Waals surface area contributed by atoms with Crippen LogP contribution in [0.3, 0.4) is 0 Å². The lowest BCUT2D eigenvalue weighted by atomic mass is 9.68. The van der Waals surface area contributed by atoms with E-state index in [-0.39, 0.29) is 28.5 Å². The zero-order chi connectivity index (χ0) is 20.5. The standard InChI is InChI=1S/C21H28N2O4S/c1-20(2)14-8-9-21(3,12-14)19(20)22-18(24)17-11-13-10-15(27-4)6-7-16(13)23(17)28(5,25)26/h6-7,10-11,14,19H,8-9,12H2,1-5H3,(H,22,24)/t14?,19?,21-/m0/s1. The molecule has 2 aromatic rings. The average Bonchev–Trinajstić information content (AvgIpc) is 3.23. The molecule has 2 saturated carbocycles. The Morgan fingerprint density at radius 3 is 2.54 bits per heavy atom. The van der Waals surface area contributed by atoms with Crippen LogP contribution in [0.5, 0.6) is 5.75 Å². The molecule has 0 aliphatic heterocycles. The molecule has 1 aromatic heterocycles. The lowest BCUT2D eigenvalue weighted by Crippen LogP contribution is -2.52. The summed E-state index contributed by atoms with van der Waals surface area (Å²) >= 11 is 0. The maximum atomic E-state index is 13.3. The molecule has 1 heterocycles. The van der Waals surface area contributed by atoms with Crippen molar-refractivity contribution in [3.8, 4) is 5.75 Å². The molecule has 1 aromatic carbocycles. The van der Waals surface area contributed by atoms with Crippen LogP contribution in [-0.2, 0) is 10.0 Å². The summed E-state index contributed by atoms with van der Waals surface area (Å²) in [5.41, 5.74) is 0.683. The van der Waals surface area contributed by atoms with Crippen LogP contribution in [0.4, 0.5) is 0 Å². The highest BCUT2D eigenvalue weighted by Crippen LogP contribution is 2.62. The van der Waals surface area contributed by atoms with Gasteiger partial charge < -0.3 is 10.1 Å². The molecule has 2 bridgehead atoms. The van der Waals surface area contributed by atoms with Gasteiger partial charge >= 0.3 is 0 Å². The lowest BCUT2D eigenvalue weighted by molar-refractivity contribution is 0.0732. The van der Waals surface area contributed by atoms with E-state index in [1.807, 2.05) is 0 Å². The molecule has 2 aliphatic rings. The summed E-state index contributed by atoms with van der Waals surface area (Å²) in [4.78, 5) is 13.3. The third-order valence-electron chi connectivity index (χ3n) is 7.07. The second-order valence-electron chi connectivity index (χ2n) is 9.30. The van der Waals surface area contributed by atoms with E-state index >= 15 is 0 Å². The molecule has 2 aliphatic carbocycles. The third kappa shape index (κ3) is 2.74. The summed E-state index contributed by atoms with van der Waals surface area (Å²) in [5, 5.41) is 3.86. The quantitative estimate of drug-likeness (QED) is 0.847. The maximum Gasteiger partial charge on any atom is 0.269 e. The number of benzene rings is 1. The first-order valence-electron chi connectivity index (χ1n) is 9.68. The normalized spacial score (nSPS) is 28.6. The number of carbonyl (C=O) groups excluding carboxylic acids is 1. The van der Waals surface area contributed by atoms with Gasteiger partial charge in [0.25, 0.3) is 5.91 Å². The van der Waals surface area contributed by atoms with Crippen LogP contribution in [0, 0.1) is 16.7 Å². The van der Waals surface area contributed by atoms with Crippen LogP contribution in [-0.4, -0.2) is 37.7 Å². The molecule has 2 unspecified atom stereocenters. The molecule has 4 rings (SSSR count). The molecule has 2 fully saturated rings. The van der Waals surface area contributed by atoms with E-state index in [1.54, 1.807) is 31.4 Å². The number of carbonyl (C=O) groups is 1. The van der Waals surface area contributed by atoms with Crippen LogP contribution in [0.15, 0.2) is 24.3 Å². The largest absolute Gasteiger partial charge is 0.497 e. The van der Waals surface area contributed by atoms with Gasteiger partial charge in [-0.15, -0.1) is 0 Å². The molecule has 0 radical (unpaired) electrons. The van der Waals surface area contributed by atoms with E-state index in [4.69, 9.17) is 4.74 Å². The van der Waals surface area contributed by atoms with Gasteiger partial charge in [-0.25, -0.2) is 12.4 Å². The maximum absolute atomic E-state index is 13.3. The van der Waals surface area contributed by atoms with Crippen molar-refractivity contribution in [3.05, 3.63) is 30.0 Å². The van der Waals surface area contributed by atoms with Crippen molar-refractivity contribution in [2.45, 2.75) is 46.1 Å². The van der Waals surface area contributed by atoms with E-state index in [9.17, 15) is 13.2 Å². The van der Waals surface area contributed by atoms with Gasteiger partial charge in [0.1, 0.15) is 11.4 Å². The van der Waals surface area contributed by atoms with Gasteiger partial charge in [0.05, 0.1) is 18.9 Å².